The number of amides is 1. The molecule has 1 aromatic heterocycles. The Morgan fingerprint density at radius 3 is 2.90 bits per heavy atom. The number of carbonyl (C=O) groups excluding carboxylic acids is 1. The normalized spacial score (nSPS) is 10.9. The Morgan fingerprint density at radius 1 is 1.45 bits per heavy atom. The molecule has 0 aliphatic rings. The van der Waals surface area contributed by atoms with Gasteiger partial charge in [0.05, 0.1) is 17.6 Å². The van der Waals surface area contributed by atoms with E-state index in [1.807, 2.05) is 18.2 Å². The van der Waals surface area contributed by atoms with Crippen LogP contribution in [0.3, 0.4) is 0 Å². The van der Waals surface area contributed by atoms with Crippen molar-refractivity contribution in [3.8, 4) is 0 Å². The molecule has 0 atom stereocenters. The van der Waals surface area contributed by atoms with Gasteiger partial charge in [-0.1, -0.05) is 32.6 Å². The van der Waals surface area contributed by atoms with E-state index >= 15 is 0 Å². The fourth-order valence-electron chi connectivity index (χ4n) is 2.14. The summed E-state index contributed by atoms with van der Waals surface area (Å²) in [4.78, 5) is 15.9. The number of benzene rings is 1. The Morgan fingerprint density at radius 2 is 2.20 bits per heavy atom. The van der Waals surface area contributed by atoms with E-state index in [1.54, 1.807) is 0 Å². The molecule has 0 unspecified atom stereocenters. The zero-order chi connectivity index (χ0) is 14.5. The van der Waals surface area contributed by atoms with Crippen molar-refractivity contribution < 1.29 is 4.79 Å². The van der Waals surface area contributed by atoms with Gasteiger partial charge in [-0.05, 0) is 30.5 Å². The number of rotatable bonds is 6. The number of fused-ring (bicyclic) bond motifs is 1. The summed E-state index contributed by atoms with van der Waals surface area (Å²) in [6, 6.07) is 8.07. The summed E-state index contributed by atoms with van der Waals surface area (Å²) < 4.78 is 2.19. The average molecular weight is 271 g/mol. The number of hydrogen-bond acceptors (Lipinski definition) is 2. The van der Waals surface area contributed by atoms with Crippen LogP contribution in [-0.4, -0.2) is 15.5 Å². The Kier molecular flexibility index (Phi) is 4.56. The molecule has 4 nitrogen and oxygen atoms in total. The second kappa shape index (κ2) is 6.37. The number of para-hydroxylation sites is 2. The van der Waals surface area contributed by atoms with Crippen LogP contribution in [0.4, 0.5) is 0 Å². The monoisotopic (exact) mass is 271 g/mol. The van der Waals surface area contributed by atoms with Crippen LogP contribution in [0, 0.1) is 5.92 Å². The fraction of sp³-hybridized carbons (Fsp3) is 0.375. The number of nitrogens with zero attached hydrogens (tertiary/aromatic N) is 2. The van der Waals surface area contributed by atoms with Crippen LogP contribution in [0.2, 0.25) is 0 Å². The molecule has 0 aliphatic heterocycles. The molecule has 0 spiro atoms. The van der Waals surface area contributed by atoms with Gasteiger partial charge in [0.1, 0.15) is 5.82 Å². The molecule has 20 heavy (non-hydrogen) atoms. The minimum Gasteiger partial charge on any atom is -0.345 e. The summed E-state index contributed by atoms with van der Waals surface area (Å²) in [5, 5.41) is 2.80. The fourth-order valence-corrected chi connectivity index (χ4v) is 2.14. The van der Waals surface area contributed by atoms with Gasteiger partial charge in [-0.25, -0.2) is 4.98 Å². The molecule has 0 saturated heterocycles. The number of imidazole rings is 1. The highest BCUT2D eigenvalue weighted by atomic mass is 16.1. The zero-order valence-electron chi connectivity index (χ0n) is 12.1. The molecule has 106 valence electrons. The standard InChI is InChI=1S/C16H21N3O/c1-4-16(20)17-11-15-18-13-7-5-6-8-14(13)19(15)10-9-12(2)3/h4-8,12H,1,9-11H2,2-3H3,(H,17,20). The third-order valence-corrected chi connectivity index (χ3v) is 3.27. The van der Waals surface area contributed by atoms with Gasteiger partial charge < -0.3 is 9.88 Å². The van der Waals surface area contributed by atoms with Crippen LogP contribution in [0.5, 0.6) is 0 Å². The van der Waals surface area contributed by atoms with Crippen molar-refractivity contribution in [3.63, 3.8) is 0 Å². The highest BCUT2D eigenvalue weighted by molar-refractivity contribution is 5.86. The predicted molar refractivity (Wildman–Crippen MR) is 81.2 cm³/mol. The quantitative estimate of drug-likeness (QED) is 0.821. The third kappa shape index (κ3) is 3.26. The van der Waals surface area contributed by atoms with Gasteiger partial charge in [0.15, 0.2) is 0 Å². The number of hydrogen-bond donors (Lipinski definition) is 1. The van der Waals surface area contributed by atoms with E-state index in [2.05, 4.69) is 41.4 Å². The Balaban J connectivity index is 2.28. The van der Waals surface area contributed by atoms with Gasteiger partial charge in [0.2, 0.25) is 5.91 Å². The lowest BCUT2D eigenvalue weighted by atomic mass is 10.1. The van der Waals surface area contributed by atoms with E-state index in [4.69, 9.17) is 0 Å². The number of carbonyl (C=O) groups is 1. The van der Waals surface area contributed by atoms with Crippen LogP contribution >= 0.6 is 0 Å². The van der Waals surface area contributed by atoms with Gasteiger partial charge in [0, 0.05) is 6.54 Å². The van der Waals surface area contributed by atoms with Crippen LogP contribution in [-0.2, 0) is 17.9 Å². The van der Waals surface area contributed by atoms with Crippen molar-refractivity contribution in [1.29, 1.82) is 0 Å². The smallest absolute Gasteiger partial charge is 0.243 e. The summed E-state index contributed by atoms with van der Waals surface area (Å²) in [5.74, 6) is 1.35. The zero-order valence-corrected chi connectivity index (χ0v) is 12.1. The summed E-state index contributed by atoms with van der Waals surface area (Å²) in [6.45, 7) is 9.21. The Hall–Kier alpha value is -2.10. The summed E-state index contributed by atoms with van der Waals surface area (Å²) in [7, 11) is 0. The van der Waals surface area contributed by atoms with Crippen molar-refractivity contribution in [3.05, 3.63) is 42.7 Å². The van der Waals surface area contributed by atoms with E-state index < -0.39 is 0 Å². The highest BCUT2D eigenvalue weighted by Gasteiger charge is 2.11. The van der Waals surface area contributed by atoms with Crippen LogP contribution < -0.4 is 5.32 Å². The first-order valence-electron chi connectivity index (χ1n) is 6.96. The molecule has 0 radical (unpaired) electrons. The van der Waals surface area contributed by atoms with E-state index in [0.29, 0.717) is 12.5 Å². The maximum absolute atomic E-state index is 11.3. The summed E-state index contributed by atoms with van der Waals surface area (Å²) >= 11 is 0. The number of aryl methyl sites for hydroxylation is 1. The molecule has 2 rings (SSSR count). The van der Waals surface area contributed by atoms with Crippen molar-refractivity contribution in [2.45, 2.75) is 33.4 Å². The van der Waals surface area contributed by atoms with Gasteiger partial charge in [-0.2, -0.15) is 0 Å². The molecule has 1 N–H and O–H groups in total. The van der Waals surface area contributed by atoms with E-state index in [1.165, 1.54) is 6.08 Å². The first kappa shape index (κ1) is 14.3. The van der Waals surface area contributed by atoms with Crippen LogP contribution in [0.15, 0.2) is 36.9 Å². The molecule has 1 heterocycles. The van der Waals surface area contributed by atoms with Gasteiger partial charge in [-0.3, -0.25) is 4.79 Å². The molecule has 1 amide bonds. The minimum absolute atomic E-state index is 0.174. The molecule has 1 aromatic carbocycles. The molecule has 0 saturated carbocycles. The third-order valence-electron chi connectivity index (χ3n) is 3.27. The Bertz CT molecular complexity index is 613. The van der Waals surface area contributed by atoms with Gasteiger partial charge in [0.25, 0.3) is 0 Å². The summed E-state index contributed by atoms with van der Waals surface area (Å²) in [6.07, 6.45) is 2.36. The molecule has 0 fully saturated rings. The van der Waals surface area contributed by atoms with E-state index in [-0.39, 0.29) is 5.91 Å². The average Bonchev–Trinajstić information content (AvgIpc) is 2.80. The molecular weight excluding hydrogens is 250 g/mol. The topological polar surface area (TPSA) is 46.9 Å². The predicted octanol–water partition coefficient (Wildman–Crippen LogP) is 2.88. The molecule has 0 bridgehead atoms. The Labute approximate surface area is 119 Å². The van der Waals surface area contributed by atoms with Crippen LogP contribution in [0.1, 0.15) is 26.1 Å². The van der Waals surface area contributed by atoms with Crippen molar-refractivity contribution in [2.75, 3.05) is 0 Å². The lowest BCUT2D eigenvalue weighted by molar-refractivity contribution is -0.116. The van der Waals surface area contributed by atoms with Crippen LogP contribution in [0.25, 0.3) is 11.0 Å². The maximum Gasteiger partial charge on any atom is 0.243 e. The summed E-state index contributed by atoms with van der Waals surface area (Å²) in [5.41, 5.74) is 2.09. The van der Waals surface area contributed by atoms with Gasteiger partial charge >= 0.3 is 0 Å². The van der Waals surface area contributed by atoms with E-state index in [9.17, 15) is 4.79 Å². The lowest BCUT2D eigenvalue weighted by Gasteiger charge is -2.11. The number of aromatic nitrogens is 2. The van der Waals surface area contributed by atoms with E-state index in [0.717, 1.165) is 29.8 Å². The first-order valence-corrected chi connectivity index (χ1v) is 6.96. The van der Waals surface area contributed by atoms with Crippen molar-refractivity contribution in [1.82, 2.24) is 14.9 Å². The molecule has 4 heteroatoms. The lowest BCUT2D eigenvalue weighted by Crippen LogP contribution is -2.22. The van der Waals surface area contributed by atoms with Crippen molar-refractivity contribution in [2.24, 2.45) is 5.92 Å². The first-order chi connectivity index (χ1) is 9.61. The largest absolute Gasteiger partial charge is 0.345 e. The molecule has 2 aromatic rings. The molecule has 0 aliphatic carbocycles. The maximum atomic E-state index is 11.3. The second-order valence-electron chi connectivity index (χ2n) is 5.27. The minimum atomic E-state index is -0.174. The number of nitrogens with one attached hydrogen (secondary N) is 1. The van der Waals surface area contributed by atoms with Crippen molar-refractivity contribution >= 4 is 16.9 Å². The SMILES string of the molecule is C=CC(=O)NCc1nc2ccccc2n1CCC(C)C. The molecular formula is C16H21N3O. The second-order valence-corrected chi connectivity index (χ2v) is 5.27. The highest BCUT2D eigenvalue weighted by Crippen LogP contribution is 2.17. The van der Waals surface area contributed by atoms with Gasteiger partial charge in [-0.15, -0.1) is 0 Å².